The summed E-state index contributed by atoms with van der Waals surface area (Å²) < 4.78 is 6.82. The number of ether oxygens (including phenoxy) is 1. The van der Waals surface area contributed by atoms with E-state index in [1.54, 1.807) is 10.9 Å². The summed E-state index contributed by atoms with van der Waals surface area (Å²) in [6, 6.07) is 0.521. The Labute approximate surface area is 120 Å². The van der Waals surface area contributed by atoms with Crippen LogP contribution in [-0.4, -0.2) is 28.4 Å². The minimum atomic E-state index is -0.285. The lowest BCUT2D eigenvalue weighted by molar-refractivity contribution is 0.0524. The SMILES string of the molecule is CCOC(=O)c1cnn(C)c1CNC(CC)CC1CC1. The van der Waals surface area contributed by atoms with Gasteiger partial charge in [-0.15, -0.1) is 0 Å². The summed E-state index contributed by atoms with van der Waals surface area (Å²) in [5.74, 6) is 0.621. The quantitative estimate of drug-likeness (QED) is 0.742. The number of aryl methyl sites for hydroxylation is 1. The molecule has 5 heteroatoms. The topological polar surface area (TPSA) is 56.1 Å². The first kappa shape index (κ1) is 15.0. The first-order valence-corrected chi connectivity index (χ1v) is 7.57. The fraction of sp³-hybridized carbons (Fsp3) is 0.733. The molecule has 1 aliphatic rings. The number of carbonyl (C=O) groups excluding carboxylic acids is 1. The zero-order valence-electron chi connectivity index (χ0n) is 12.7. The molecule has 1 aromatic rings. The van der Waals surface area contributed by atoms with Gasteiger partial charge in [-0.2, -0.15) is 5.10 Å². The third-order valence-corrected chi connectivity index (χ3v) is 3.92. The van der Waals surface area contributed by atoms with Crippen molar-refractivity contribution < 1.29 is 9.53 Å². The highest BCUT2D eigenvalue weighted by Gasteiger charge is 2.25. The maximum Gasteiger partial charge on any atom is 0.341 e. The van der Waals surface area contributed by atoms with E-state index < -0.39 is 0 Å². The predicted octanol–water partition coefficient (Wildman–Crippen LogP) is 2.27. The van der Waals surface area contributed by atoms with Gasteiger partial charge in [0.2, 0.25) is 0 Å². The molecule has 1 N–H and O–H groups in total. The number of aromatic nitrogens is 2. The average molecular weight is 279 g/mol. The lowest BCUT2D eigenvalue weighted by Crippen LogP contribution is -2.30. The maximum atomic E-state index is 11.9. The Kier molecular flexibility index (Phi) is 5.17. The van der Waals surface area contributed by atoms with Crippen molar-refractivity contribution in [2.45, 2.75) is 52.1 Å². The van der Waals surface area contributed by atoms with Crippen molar-refractivity contribution in [3.63, 3.8) is 0 Å². The minimum Gasteiger partial charge on any atom is -0.462 e. The van der Waals surface area contributed by atoms with Crippen molar-refractivity contribution in [1.29, 1.82) is 0 Å². The monoisotopic (exact) mass is 279 g/mol. The number of nitrogens with zero attached hydrogens (tertiary/aromatic N) is 2. The Morgan fingerprint density at radius 1 is 1.55 bits per heavy atom. The Morgan fingerprint density at radius 3 is 2.90 bits per heavy atom. The smallest absolute Gasteiger partial charge is 0.341 e. The molecule has 0 aliphatic heterocycles. The zero-order chi connectivity index (χ0) is 14.5. The van der Waals surface area contributed by atoms with Crippen LogP contribution in [0.4, 0.5) is 0 Å². The number of hydrogen-bond donors (Lipinski definition) is 1. The lowest BCUT2D eigenvalue weighted by Gasteiger charge is -2.17. The third kappa shape index (κ3) is 3.82. The second-order valence-electron chi connectivity index (χ2n) is 5.51. The van der Waals surface area contributed by atoms with Crippen molar-refractivity contribution >= 4 is 5.97 Å². The van der Waals surface area contributed by atoms with E-state index in [4.69, 9.17) is 4.74 Å². The van der Waals surface area contributed by atoms with E-state index in [2.05, 4.69) is 17.3 Å². The number of hydrogen-bond acceptors (Lipinski definition) is 4. The van der Waals surface area contributed by atoms with Gasteiger partial charge >= 0.3 is 5.97 Å². The molecule has 0 aromatic carbocycles. The molecule has 1 unspecified atom stereocenters. The van der Waals surface area contributed by atoms with Crippen LogP contribution in [0, 0.1) is 5.92 Å². The van der Waals surface area contributed by atoms with Crippen LogP contribution in [0.2, 0.25) is 0 Å². The molecule has 0 amide bonds. The number of carbonyl (C=O) groups is 1. The molecule has 1 aromatic heterocycles. The highest BCUT2D eigenvalue weighted by Crippen LogP contribution is 2.34. The van der Waals surface area contributed by atoms with E-state index in [1.807, 2.05) is 14.0 Å². The molecule has 0 bridgehead atoms. The lowest BCUT2D eigenvalue weighted by atomic mass is 10.1. The molecule has 1 fully saturated rings. The van der Waals surface area contributed by atoms with Crippen molar-refractivity contribution in [2.75, 3.05) is 6.61 Å². The first-order valence-electron chi connectivity index (χ1n) is 7.57. The molecule has 0 spiro atoms. The summed E-state index contributed by atoms with van der Waals surface area (Å²) in [6.07, 6.45) is 6.69. The standard InChI is InChI=1S/C15H25N3O2/c1-4-12(8-11-6-7-11)16-10-14-13(9-17-18(14)3)15(19)20-5-2/h9,11-12,16H,4-8,10H2,1-3H3. The van der Waals surface area contributed by atoms with Crippen LogP contribution < -0.4 is 5.32 Å². The van der Waals surface area contributed by atoms with Crippen LogP contribution in [0.15, 0.2) is 6.20 Å². The molecule has 1 saturated carbocycles. The van der Waals surface area contributed by atoms with Gasteiger partial charge in [0, 0.05) is 19.6 Å². The van der Waals surface area contributed by atoms with Crippen LogP contribution in [-0.2, 0) is 18.3 Å². The minimum absolute atomic E-state index is 0.285. The molecule has 5 nitrogen and oxygen atoms in total. The molecular weight excluding hydrogens is 254 g/mol. The Balaban J connectivity index is 1.96. The van der Waals surface area contributed by atoms with Crippen molar-refractivity contribution in [3.05, 3.63) is 17.5 Å². The molecule has 0 radical (unpaired) electrons. The summed E-state index contributed by atoms with van der Waals surface area (Å²) in [4.78, 5) is 11.9. The molecule has 2 rings (SSSR count). The van der Waals surface area contributed by atoms with E-state index in [-0.39, 0.29) is 5.97 Å². The molecule has 1 atom stereocenters. The highest BCUT2D eigenvalue weighted by atomic mass is 16.5. The van der Waals surface area contributed by atoms with Crippen molar-refractivity contribution in [1.82, 2.24) is 15.1 Å². The fourth-order valence-corrected chi connectivity index (χ4v) is 2.44. The molecular formula is C15H25N3O2. The van der Waals surface area contributed by atoms with Gasteiger partial charge in [-0.05, 0) is 25.7 Å². The Bertz CT molecular complexity index is 452. The van der Waals surface area contributed by atoms with E-state index >= 15 is 0 Å². The average Bonchev–Trinajstić information content (AvgIpc) is 3.17. The van der Waals surface area contributed by atoms with Gasteiger partial charge in [0.05, 0.1) is 18.5 Å². The maximum absolute atomic E-state index is 11.9. The summed E-state index contributed by atoms with van der Waals surface area (Å²) in [7, 11) is 1.86. The van der Waals surface area contributed by atoms with Crippen molar-refractivity contribution in [3.8, 4) is 0 Å². The van der Waals surface area contributed by atoms with E-state index in [1.165, 1.54) is 19.3 Å². The highest BCUT2D eigenvalue weighted by molar-refractivity contribution is 5.90. The zero-order valence-corrected chi connectivity index (χ0v) is 12.7. The van der Waals surface area contributed by atoms with Gasteiger partial charge in [-0.25, -0.2) is 4.79 Å². The van der Waals surface area contributed by atoms with Gasteiger partial charge in [0.25, 0.3) is 0 Å². The summed E-state index contributed by atoms with van der Waals surface area (Å²) in [5, 5.41) is 7.73. The van der Waals surface area contributed by atoms with Gasteiger partial charge in [0.15, 0.2) is 0 Å². The first-order chi connectivity index (χ1) is 9.65. The largest absolute Gasteiger partial charge is 0.462 e. The summed E-state index contributed by atoms with van der Waals surface area (Å²) >= 11 is 0. The molecule has 112 valence electrons. The second-order valence-corrected chi connectivity index (χ2v) is 5.51. The van der Waals surface area contributed by atoms with Crippen LogP contribution in [0.5, 0.6) is 0 Å². The molecule has 0 saturated heterocycles. The molecule has 1 heterocycles. The Hall–Kier alpha value is -1.36. The van der Waals surface area contributed by atoms with Crippen LogP contribution in [0.1, 0.15) is 55.6 Å². The van der Waals surface area contributed by atoms with E-state index in [0.717, 1.165) is 18.0 Å². The van der Waals surface area contributed by atoms with E-state index in [0.29, 0.717) is 24.8 Å². The predicted molar refractivity (Wildman–Crippen MR) is 77.4 cm³/mol. The van der Waals surface area contributed by atoms with Gasteiger partial charge in [-0.3, -0.25) is 4.68 Å². The second kappa shape index (κ2) is 6.88. The fourth-order valence-electron chi connectivity index (χ4n) is 2.44. The normalized spacial score (nSPS) is 16.1. The number of esters is 1. The Morgan fingerprint density at radius 2 is 2.30 bits per heavy atom. The van der Waals surface area contributed by atoms with Crippen LogP contribution in [0.3, 0.4) is 0 Å². The van der Waals surface area contributed by atoms with E-state index in [9.17, 15) is 4.79 Å². The molecule has 1 aliphatic carbocycles. The van der Waals surface area contributed by atoms with Gasteiger partial charge in [-0.1, -0.05) is 19.8 Å². The summed E-state index contributed by atoms with van der Waals surface area (Å²) in [5.41, 5.74) is 1.47. The molecule has 20 heavy (non-hydrogen) atoms. The third-order valence-electron chi connectivity index (χ3n) is 3.92. The van der Waals surface area contributed by atoms with Crippen LogP contribution in [0.25, 0.3) is 0 Å². The van der Waals surface area contributed by atoms with Crippen LogP contribution >= 0.6 is 0 Å². The number of nitrogens with one attached hydrogen (secondary N) is 1. The van der Waals surface area contributed by atoms with Crippen molar-refractivity contribution in [2.24, 2.45) is 13.0 Å². The van der Waals surface area contributed by atoms with Gasteiger partial charge < -0.3 is 10.1 Å². The number of rotatable bonds is 8. The van der Waals surface area contributed by atoms with Gasteiger partial charge in [0.1, 0.15) is 5.56 Å². The summed E-state index contributed by atoms with van der Waals surface area (Å²) in [6.45, 7) is 5.07.